The summed E-state index contributed by atoms with van der Waals surface area (Å²) >= 11 is 0. The molecule has 1 aliphatic carbocycles. The second-order valence-electron chi connectivity index (χ2n) is 7.70. The Morgan fingerprint density at radius 1 is 1.42 bits per heavy atom. The monoisotopic (exact) mass is 352 g/mol. The molecule has 5 atom stereocenters. The molecule has 1 saturated heterocycles. The minimum Gasteiger partial charge on any atom is -0.392 e. The summed E-state index contributed by atoms with van der Waals surface area (Å²) in [5.74, 6) is 1.45. The second kappa shape index (κ2) is 7.10. The fourth-order valence-corrected chi connectivity index (χ4v) is 5.07. The SMILES string of the molecule is C=C[C@@H]1CC2[C@H]1CCN2[C@H](C)[C@H](OC)c1ccnc2ccc(CO)cc12. The summed E-state index contributed by atoms with van der Waals surface area (Å²) in [5.41, 5.74) is 3.01. The van der Waals surface area contributed by atoms with Crippen LogP contribution in [0.5, 0.6) is 0 Å². The number of rotatable bonds is 6. The van der Waals surface area contributed by atoms with E-state index in [1.807, 2.05) is 24.4 Å². The van der Waals surface area contributed by atoms with Gasteiger partial charge in [-0.2, -0.15) is 0 Å². The van der Waals surface area contributed by atoms with E-state index in [1.165, 1.54) is 12.8 Å². The predicted molar refractivity (Wildman–Crippen MR) is 104 cm³/mol. The third-order valence-electron chi connectivity index (χ3n) is 6.55. The second-order valence-corrected chi connectivity index (χ2v) is 7.70. The number of aromatic nitrogens is 1. The number of aliphatic hydroxyl groups excluding tert-OH is 1. The number of pyridine rings is 1. The molecule has 2 aromatic rings. The van der Waals surface area contributed by atoms with Crippen molar-refractivity contribution in [2.24, 2.45) is 11.8 Å². The molecule has 1 aromatic carbocycles. The van der Waals surface area contributed by atoms with Crippen LogP contribution in [-0.2, 0) is 11.3 Å². The molecule has 26 heavy (non-hydrogen) atoms. The molecule has 0 amide bonds. The number of fused-ring (bicyclic) bond motifs is 2. The summed E-state index contributed by atoms with van der Waals surface area (Å²) in [7, 11) is 1.80. The fourth-order valence-electron chi connectivity index (χ4n) is 5.07. The van der Waals surface area contributed by atoms with Crippen LogP contribution >= 0.6 is 0 Å². The van der Waals surface area contributed by atoms with Crippen molar-refractivity contribution in [1.82, 2.24) is 9.88 Å². The Labute approximate surface area is 155 Å². The number of allylic oxidation sites excluding steroid dienone is 1. The third-order valence-corrected chi connectivity index (χ3v) is 6.55. The van der Waals surface area contributed by atoms with Gasteiger partial charge in [0.25, 0.3) is 0 Å². The molecule has 0 bridgehead atoms. The van der Waals surface area contributed by atoms with Crippen LogP contribution in [0.1, 0.15) is 37.0 Å². The van der Waals surface area contributed by atoms with Crippen LogP contribution in [0.2, 0.25) is 0 Å². The van der Waals surface area contributed by atoms with E-state index >= 15 is 0 Å². The zero-order valence-electron chi connectivity index (χ0n) is 15.6. The quantitative estimate of drug-likeness (QED) is 0.805. The van der Waals surface area contributed by atoms with Gasteiger partial charge in [-0.25, -0.2) is 0 Å². The average Bonchev–Trinajstić information content (AvgIpc) is 2.99. The van der Waals surface area contributed by atoms with Crippen LogP contribution in [0.15, 0.2) is 43.1 Å². The van der Waals surface area contributed by atoms with Gasteiger partial charge in [-0.1, -0.05) is 12.1 Å². The highest BCUT2D eigenvalue weighted by Gasteiger charge is 2.49. The van der Waals surface area contributed by atoms with E-state index in [9.17, 15) is 5.11 Å². The maximum Gasteiger partial charge on any atom is 0.0980 e. The van der Waals surface area contributed by atoms with Gasteiger partial charge in [0.2, 0.25) is 0 Å². The topological polar surface area (TPSA) is 45.6 Å². The number of nitrogens with zero attached hydrogens (tertiary/aromatic N) is 2. The summed E-state index contributed by atoms with van der Waals surface area (Å²) in [6.45, 7) is 7.44. The number of methoxy groups -OCH3 is 1. The van der Waals surface area contributed by atoms with Crippen molar-refractivity contribution in [1.29, 1.82) is 0 Å². The van der Waals surface area contributed by atoms with Gasteiger partial charge in [0.1, 0.15) is 0 Å². The largest absolute Gasteiger partial charge is 0.392 e. The van der Waals surface area contributed by atoms with E-state index in [1.54, 1.807) is 7.11 Å². The van der Waals surface area contributed by atoms with Gasteiger partial charge in [-0.3, -0.25) is 9.88 Å². The van der Waals surface area contributed by atoms with Crippen LogP contribution in [0.3, 0.4) is 0 Å². The molecule has 1 unspecified atom stereocenters. The minimum atomic E-state index is -0.0176. The van der Waals surface area contributed by atoms with E-state index in [0.29, 0.717) is 18.0 Å². The van der Waals surface area contributed by atoms with Gasteiger partial charge in [-0.15, -0.1) is 6.58 Å². The number of likely N-dealkylation sites (tertiary alicyclic amines) is 1. The van der Waals surface area contributed by atoms with Crippen molar-refractivity contribution >= 4 is 10.9 Å². The molecule has 2 aliphatic rings. The first-order valence-corrected chi connectivity index (χ1v) is 9.57. The Kier molecular flexibility index (Phi) is 4.82. The first-order valence-electron chi connectivity index (χ1n) is 9.57. The molecule has 4 heteroatoms. The smallest absolute Gasteiger partial charge is 0.0980 e. The molecular formula is C22H28N2O2. The maximum absolute atomic E-state index is 9.52. The van der Waals surface area contributed by atoms with E-state index < -0.39 is 0 Å². The highest BCUT2D eigenvalue weighted by Crippen LogP contribution is 2.48. The number of hydrogen-bond donors (Lipinski definition) is 1. The van der Waals surface area contributed by atoms with Gasteiger partial charge in [0.05, 0.1) is 18.2 Å². The molecule has 1 aromatic heterocycles. The summed E-state index contributed by atoms with van der Waals surface area (Å²) in [5, 5.41) is 10.6. The van der Waals surface area contributed by atoms with Crippen LogP contribution in [0, 0.1) is 11.8 Å². The lowest BCUT2D eigenvalue weighted by atomic mass is 9.69. The number of benzene rings is 1. The highest BCUT2D eigenvalue weighted by molar-refractivity contribution is 5.83. The Bertz CT molecular complexity index is 806. The molecule has 2 heterocycles. The van der Waals surface area contributed by atoms with Crippen LogP contribution in [0.25, 0.3) is 10.9 Å². The lowest BCUT2D eigenvalue weighted by Crippen LogP contribution is -2.50. The zero-order chi connectivity index (χ0) is 18.3. The fraction of sp³-hybridized carbons (Fsp3) is 0.500. The molecule has 1 aliphatic heterocycles. The molecule has 4 rings (SSSR count). The first kappa shape index (κ1) is 17.7. The van der Waals surface area contributed by atoms with Gasteiger partial charge in [0.15, 0.2) is 0 Å². The minimum absolute atomic E-state index is 0.0176. The molecule has 4 nitrogen and oxygen atoms in total. The summed E-state index contributed by atoms with van der Waals surface area (Å²) < 4.78 is 6.00. The number of hydrogen-bond acceptors (Lipinski definition) is 4. The molecule has 138 valence electrons. The van der Waals surface area contributed by atoms with Crippen molar-refractivity contribution in [2.45, 2.75) is 44.6 Å². The molecule has 2 fully saturated rings. The molecule has 1 saturated carbocycles. The normalized spacial score (nSPS) is 27.7. The maximum atomic E-state index is 9.52. The third kappa shape index (κ3) is 2.77. The van der Waals surface area contributed by atoms with Crippen molar-refractivity contribution in [3.63, 3.8) is 0 Å². The molecule has 1 N–H and O–H groups in total. The summed E-state index contributed by atoms with van der Waals surface area (Å²) in [6, 6.07) is 8.97. The lowest BCUT2D eigenvalue weighted by Gasteiger charge is -2.45. The Hall–Kier alpha value is -1.75. The Morgan fingerprint density at radius 3 is 3.00 bits per heavy atom. The standard InChI is InChI=1S/C22H28N2O2/c1-4-16-12-21-17(16)8-10-24(21)14(2)22(26-3)18-7-9-23-20-6-5-15(13-25)11-19(18)20/h4-7,9,11,14,16-17,21-22,25H,1,8,10,12-13H2,2-3H3/t14-,16-,17+,21?,22+/m1/s1. The average molecular weight is 352 g/mol. The Balaban J connectivity index is 1.65. The van der Waals surface area contributed by atoms with E-state index in [2.05, 4.69) is 35.5 Å². The van der Waals surface area contributed by atoms with Crippen molar-refractivity contribution in [3.8, 4) is 0 Å². The van der Waals surface area contributed by atoms with Gasteiger partial charge in [-0.05, 0) is 67.5 Å². The number of ether oxygens (including phenoxy) is 1. The summed E-state index contributed by atoms with van der Waals surface area (Å²) in [6.07, 6.45) is 6.46. The predicted octanol–water partition coefficient (Wildman–Crippen LogP) is 3.70. The van der Waals surface area contributed by atoms with Crippen LogP contribution in [-0.4, -0.2) is 40.7 Å². The van der Waals surface area contributed by atoms with Gasteiger partial charge >= 0.3 is 0 Å². The van der Waals surface area contributed by atoms with E-state index in [0.717, 1.165) is 34.5 Å². The van der Waals surface area contributed by atoms with Crippen molar-refractivity contribution < 1.29 is 9.84 Å². The zero-order valence-corrected chi connectivity index (χ0v) is 15.6. The van der Waals surface area contributed by atoms with Crippen LogP contribution < -0.4 is 0 Å². The highest BCUT2D eigenvalue weighted by atomic mass is 16.5. The van der Waals surface area contributed by atoms with Crippen molar-refractivity contribution in [2.75, 3.05) is 13.7 Å². The lowest BCUT2D eigenvalue weighted by molar-refractivity contribution is -0.0115. The van der Waals surface area contributed by atoms with E-state index in [4.69, 9.17) is 4.74 Å². The molecular weight excluding hydrogens is 324 g/mol. The first-order chi connectivity index (χ1) is 12.7. The summed E-state index contributed by atoms with van der Waals surface area (Å²) in [4.78, 5) is 7.11. The molecule has 0 radical (unpaired) electrons. The van der Waals surface area contributed by atoms with Gasteiger partial charge in [0, 0.05) is 30.8 Å². The Morgan fingerprint density at radius 2 is 2.27 bits per heavy atom. The van der Waals surface area contributed by atoms with Crippen molar-refractivity contribution in [3.05, 3.63) is 54.2 Å². The molecule has 0 spiro atoms. The van der Waals surface area contributed by atoms with Crippen LogP contribution in [0.4, 0.5) is 0 Å². The number of aliphatic hydroxyl groups is 1. The van der Waals surface area contributed by atoms with Gasteiger partial charge < -0.3 is 9.84 Å². The van der Waals surface area contributed by atoms with E-state index in [-0.39, 0.29) is 12.7 Å².